The fraction of sp³-hybridized carbons (Fsp3) is 0.444. The van der Waals surface area contributed by atoms with Crippen molar-refractivity contribution in [2.45, 2.75) is 19.4 Å². The molecule has 0 radical (unpaired) electrons. The summed E-state index contributed by atoms with van der Waals surface area (Å²) in [5.74, 6) is 1.05. The van der Waals surface area contributed by atoms with Gasteiger partial charge in [0, 0.05) is 57.5 Å². The van der Waals surface area contributed by atoms with Gasteiger partial charge in [-0.05, 0) is 18.6 Å². The van der Waals surface area contributed by atoms with Crippen molar-refractivity contribution in [2.24, 2.45) is 5.92 Å². The summed E-state index contributed by atoms with van der Waals surface area (Å²) in [7, 11) is 0. The lowest BCUT2D eigenvalue weighted by atomic mass is 9.96. The first-order valence-corrected chi connectivity index (χ1v) is 8.50. The molecule has 1 unspecified atom stereocenters. The van der Waals surface area contributed by atoms with Gasteiger partial charge in [0.1, 0.15) is 11.6 Å². The van der Waals surface area contributed by atoms with Crippen LogP contribution in [0.2, 0.25) is 0 Å². The van der Waals surface area contributed by atoms with Crippen molar-refractivity contribution in [2.75, 3.05) is 31.1 Å². The molecule has 3 heterocycles. The van der Waals surface area contributed by atoms with Crippen molar-refractivity contribution < 1.29 is 9.18 Å². The van der Waals surface area contributed by atoms with Crippen molar-refractivity contribution in [1.82, 2.24) is 14.5 Å². The molecule has 1 fully saturated rings. The summed E-state index contributed by atoms with van der Waals surface area (Å²) in [6, 6.07) is 6.83. The second-order valence-electron chi connectivity index (χ2n) is 6.49. The van der Waals surface area contributed by atoms with Crippen LogP contribution in [0.3, 0.4) is 0 Å². The Morgan fingerprint density at radius 3 is 2.71 bits per heavy atom. The van der Waals surface area contributed by atoms with Crippen LogP contribution >= 0.6 is 0 Å². The number of hydrogen-bond acceptors (Lipinski definition) is 3. The van der Waals surface area contributed by atoms with E-state index in [0.29, 0.717) is 31.9 Å². The average molecular weight is 328 g/mol. The van der Waals surface area contributed by atoms with Crippen LogP contribution in [-0.2, 0) is 17.8 Å². The van der Waals surface area contributed by atoms with Crippen LogP contribution < -0.4 is 4.90 Å². The van der Waals surface area contributed by atoms with Crippen LogP contribution in [0.4, 0.5) is 10.1 Å². The molecule has 1 aromatic heterocycles. The third-order valence-electron chi connectivity index (χ3n) is 5.08. The Kier molecular flexibility index (Phi) is 3.96. The number of para-hydroxylation sites is 1. The van der Waals surface area contributed by atoms with Gasteiger partial charge < -0.3 is 14.4 Å². The van der Waals surface area contributed by atoms with E-state index in [2.05, 4.69) is 9.55 Å². The largest absolute Gasteiger partial charge is 0.366 e. The predicted molar refractivity (Wildman–Crippen MR) is 89.2 cm³/mol. The molecule has 0 spiro atoms. The maximum atomic E-state index is 13.9. The Labute approximate surface area is 140 Å². The Morgan fingerprint density at radius 1 is 1.12 bits per heavy atom. The normalized spacial score (nSPS) is 20.8. The molecule has 1 aromatic carbocycles. The number of piperazine rings is 1. The maximum absolute atomic E-state index is 13.9. The lowest BCUT2D eigenvalue weighted by Crippen LogP contribution is -2.51. The number of halogens is 1. The highest BCUT2D eigenvalue weighted by Gasteiger charge is 2.31. The number of imidazole rings is 1. The van der Waals surface area contributed by atoms with Gasteiger partial charge in [-0.15, -0.1) is 0 Å². The van der Waals surface area contributed by atoms with Crippen molar-refractivity contribution in [1.29, 1.82) is 0 Å². The lowest BCUT2D eigenvalue weighted by molar-refractivity contribution is -0.136. The standard InChI is InChI=1S/C18H21FN4O/c19-15-3-1-2-4-16(15)21-9-11-23(12-10-21)18(24)14-5-7-22-8-6-20-17(22)13-14/h1-4,6,8,14H,5,7,9-13H2. The number of carbonyl (C=O) groups is 1. The van der Waals surface area contributed by atoms with Crippen LogP contribution in [0.15, 0.2) is 36.7 Å². The van der Waals surface area contributed by atoms with Gasteiger partial charge in [-0.2, -0.15) is 0 Å². The Bertz CT molecular complexity index is 736. The van der Waals surface area contributed by atoms with Gasteiger partial charge in [-0.25, -0.2) is 9.37 Å². The summed E-state index contributed by atoms with van der Waals surface area (Å²) in [5, 5.41) is 0. The fourth-order valence-corrected chi connectivity index (χ4v) is 3.70. The molecule has 0 N–H and O–H groups in total. The molecule has 1 atom stereocenters. The zero-order chi connectivity index (χ0) is 16.5. The minimum absolute atomic E-state index is 0.0277. The highest BCUT2D eigenvalue weighted by Crippen LogP contribution is 2.24. The topological polar surface area (TPSA) is 41.4 Å². The van der Waals surface area contributed by atoms with Crippen LogP contribution in [0.1, 0.15) is 12.2 Å². The number of rotatable bonds is 2. The van der Waals surface area contributed by atoms with Gasteiger partial charge in [0.15, 0.2) is 0 Å². The zero-order valence-corrected chi connectivity index (χ0v) is 13.6. The predicted octanol–water partition coefficient (Wildman–Crippen LogP) is 1.93. The number of nitrogens with zero attached hydrogens (tertiary/aromatic N) is 4. The number of amides is 1. The van der Waals surface area contributed by atoms with Crippen molar-refractivity contribution in [3.63, 3.8) is 0 Å². The monoisotopic (exact) mass is 328 g/mol. The number of aryl methyl sites for hydroxylation is 1. The molecule has 0 aliphatic carbocycles. The Morgan fingerprint density at radius 2 is 1.92 bits per heavy atom. The second-order valence-corrected chi connectivity index (χ2v) is 6.49. The number of hydrogen-bond donors (Lipinski definition) is 0. The average Bonchev–Trinajstić information content (AvgIpc) is 3.09. The summed E-state index contributed by atoms with van der Waals surface area (Å²) in [4.78, 5) is 21.1. The molecule has 24 heavy (non-hydrogen) atoms. The van der Waals surface area contributed by atoms with E-state index >= 15 is 0 Å². The molecule has 0 bridgehead atoms. The quantitative estimate of drug-likeness (QED) is 0.846. The van der Waals surface area contributed by atoms with E-state index in [-0.39, 0.29) is 17.6 Å². The smallest absolute Gasteiger partial charge is 0.226 e. The number of aromatic nitrogens is 2. The van der Waals surface area contributed by atoms with Gasteiger partial charge in [0.2, 0.25) is 5.91 Å². The first-order chi connectivity index (χ1) is 11.7. The van der Waals surface area contributed by atoms with Crippen molar-refractivity contribution in [3.8, 4) is 0 Å². The fourth-order valence-electron chi connectivity index (χ4n) is 3.70. The lowest BCUT2D eigenvalue weighted by Gasteiger charge is -2.38. The molecule has 5 nitrogen and oxygen atoms in total. The maximum Gasteiger partial charge on any atom is 0.226 e. The molecule has 6 heteroatoms. The summed E-state index contributed by atoms with van der Waals surface area (Å²) < 4.78 is 16.0. The zero-order valence-electron chi connectivity index (χ0n) is 13.6. The summed E-state index contributed by atoms with van der Waals surface area (Å²) in [5.41, 5.74) is 0.629. The summed E-state index contributed by atoms with van der Waals surface area (Å²) >= 11 is 0. The van der Waals surface area contributed by atoms with E-state index in [4.69, 9.17) is 0 Å². The third-order valence-corrected chi connectivity index (χ3v) is 5.08. The molecule has 1 saturated heterocycles. The van der Waals surface area contributed by atoms with Gasteiger partial charge in [0.25, 0.3) is 0 Å². The highest BCUT2D eigenvalue weighted by atomic mass is 19.1. The molecule has 2 aliphatic rings. The molecule has 2 aliphatic heterocycles. The number of anilines is 1. The van der Waals surface area contributed by atoms with Gasteiger partial charge in [0.05, 0.1) is 5.69 Å². The van der Waals surface area contributed by atoms with Crippen LogP contribution in [0, 0.1) is 11.7 Å². The van der Waals surface area contributed by atoms with Crippen molar-refractivity contribution in [3.05, 3.63) is 48.3 Å². The summed E-state index contributed by atoms with van der Waals surface area (Å²) in [6.07, 6.45) is 5.37. The van der Waals surface area contributed by atoms with E-state index in [9.17, 15) is 9.18 Å². The summed E-state index contributed by atoms with van der Waals surface area (Å²) in [6.45, 7) is 3.51. The molecule has 1 amide bonds. The Balaban J connectivity index is 1.38. The number of carbonyl (C=O) groups excluding carboxylic acids is 1. The minimum Gasteiger partial charge on any atom is -0.366 e. The first kappa shape index (κ1) is 15.2. The SMILES string of the molecule is O=C(C1CCn2ccnc2C1)N1CCN(c2ccccc2F)CC1. The highest BCUT2D eigenvalue weighted by molar-refractivity contribution is 5.79. The Hall–Kier alpha value is -2.37. The second kappa shape index (κ2) is 6.26. The first-order valence-electron chi connectivity index (χ1n) is 8.50. The van der Waals surface area contributed by atoms with E-state index < -0.39 is 0 Å². The van der Waals surface area contributed by atoms with Gasteiger partial charge in [-0.3, -0.25) is 4.79 Å². The van der Waals surface area contributed by atoms with Crippen LogP contribution in [-0.4, -0.2) is 46.5 Å². The molecule has 2 aromatic rings. The van der Waals surface area contributed by atoms with E-state index in [1.54, 1.807) is 18.3 Å². The number of fused-ring (bicyclic) bond motifs is 1. The van der Waals surface area contributed by atoms with Crippen LogP contribution in [0.25, 0.3) is 0 Å². The molecule has 126 valence electrons. The molecule has 0 saturated carbocycles. The number of benzene rings is 1. The minimum atomic E-state index is -0.198. The van der Waals surface area contributed by atoms with E-state index in [1.165, 1.54) is 6.07 Å². The molecular weight excluding hydrogens is 307 g/mol. The third kappa shape index (κ3) is 2.77. The van der Waals surface area contributed by atoms with Crippen molar-refractivity contribution >= 4 is 11.6 Å². The van der Waals surface area contributed by atoms with Gasteiger partial charge >= 0.3 is 0 Å². The van der Waals surface area contributed by atoms with E-state index in [1.807, 2.05) is 22.1 Å². The molecular formula is C18H21FN4O. The van der Waals surface area contributed by atoms with Gasteiger partial charge in [-0.1, -0.05) is 12.1 Å². The van der Waals surface area contributed by atoms with E-state index in [0.717, 1.165) is 25.2 Å². The molecule has 4 rings (SSSR count). The van der Waals surface area contributed by atoms with Crippen LogP contribution in [0.5, 0.6) is 0 Å².